The summed E-state index contributed by atoms with van der Waals surface area (Å²) in [6.45, 7) is 8.65. The van der Waals surface area contributed by atoms with Gasteiger partial charge in [-0.15, -0.1) is 0 Å². The van der Waals surface area contributed by atoms with E-state index in [2.05, 4.69) is 10.2 Å². The fraction of sp³-hybridized carbons (Fsp3) is 0.889. The Hall–Kier alpha value is -1.30. The monoisotopic (exact) mass is 339 g/mol. The Morgan fingerprint density at radius 2 is 1.88 bits per heavy atom. The smallest absolute Gasteiger partial charge is 0.410 e. The van der Waals surface area contributed by atoms with Crippen molar-refractivity contribution in [3.05, 3.63) is 0 Å². The molecule has 0 radical (unpaired) electrons. The first-order valence-electron chi connectivity index (χ1n) is 9.22. The quantitative estimate of drug-likeness (QED) is 0.856. The molecule has 0 aromatic rings. The summed E-state index contributed by atoms with van der Waals surface area (Å²) in [7, 11) is 1.69. The second kappa shape index (κ2) is 8.19. The predicted molar refractivity (Wildman–Crippen MR) is 93.8 cm³/mol. The van der Waals surface area contributed by atoms with Crippen molar-refractivity contribution in [1.82, 2.24) is 15.1 Å². The molecule has 0 aromatic carbocycles. The average Bonchev–Trinajstić information content (AvgIpc) is 2.54. The summed E-state index contributed by atoms with van der Waals surface area (Å²) >= 11 is 0. The van der Waals surface area contributed by atoms with E-state index < -0.39 is 5.60 Å². The maximum Gasteiger partial charge on any atom is 0.410 e. The first-order chi connectivity index (χ1) is 11.3. The van der Waals surface area contributed by atoms with Crippen molar-refractivity contribution in [2.24, 2.45) is 5.92 Å². The third-order valence-corrected chi connectivity index (χ3v) is 4.94. The molecule has 0 unspecified atom stereocenters. The van der Waals surface area contributed by atoms with Crippen LogP contribution in [-0.2, 0) is 9.53 Å². The number of likely N-dealkylation sites (N-methyl/N-ethyl adjacent to an activating group) is 1. The summed E-state index contributed by atoms with van der Waals surface area (Å²) in [4.78, 5) is 28.3. The fourth-order valence-corrected chi connectivity index (χ4v) is 3.83. The van der Waals surface area contributed by atoms with Gasteiger partial charge in [0.25, 0.3) is 0 Å². The van der Waals surface area contributed by atoms with Gasteiger partial charge in [0.05, 0.1) is 6.54 Å². The lowest BCUT2D eigenvalue weighted by atomic mass is 9.84. The first-order valence-corrected chi connectivity index (χ1v) is 9.22. The molecule has 6 nitrogen and oxygen atoms in total. The number of carbonyl (C=O) groups is 2. The van der Waals surface area contributed by atoms with E-state index in [1.807, 2.05) is 25.7 Å². The predicted octanol–water partition coefficient (Wildman–Crippen LogP) is 2.23. The van der Waals surface area contributed by atoms with Crippen molar-refractivity contribution >= 4 is 12.0 Å². The van der Waals surface area contributed by atoms with Gasteiger partial charge in [-0.1, -0.05) is 6.42 Å². The van der Waals surface area contributed by atoms with Crippen LogP contribution in [0.5, 0.6) is 0 Å². The summed E-state index contributed by atoms with van der Waals surface area (Å²) in [5.74, 6) is 0.498. The molecule has 2 aliphatic rings. The zero-order chi connectivity index (χ0) is 17.7. The van der Waals surface area contributed by atoms with Crippen molar-refractivity contribution in [1.29, 1.82) is 0 Å². The fourth-order valence-electron chi connectivity index (χ4n) is 3.83. The van der Waals surface area contributed by atoms with Gasteiger partial charge in [-0.2, -0.15) is 0 Å². The standard InChI is InChI=1S/C18H33N3O3/c1-18(2,3)24-17(23)21-11-7-8-14(12-21)15-9-5-6-10-20(15)13-16(22)19-4/h14-15H,5-13H2,1-4H3,(H,19,22)/t14-,15-/m0/s1. The molecule has 2 heterocycles. The second-order valence-corrected chi connectivity index (χ2v) is 8.04. The maximum atomic E-state index is 12.4. The number of likely N-dealkylation sites (tertiary alicyclic amines) is 2. The van der Waals surface area contributed by atoms with Crippen LogP contribution < -0.4 is 5.32 Å². The normalized spacial score (nSPS) is 26.1. The molecule has 6 heteroatoms. The topological polar surface area (TPSA) is 61.9 Å². The third-order valence-electron chi connectivity index (χ3n) is 4.94. The zero-order valence-corrected chi connectivity index (χ0v) is 15.6. The Bertz CT molecular complexity index is 447. The molecule has 2 aliphatic heterocycles. The minimum absolute atomic E-state index is 0.0710. The van der Waals surface area contributed by atoms with E-state index >= 15 is 0 Å². The SMILES string of the molecule is CNC(=O)CN1CCCC[C@H]1[C@H]1CCCN(C(=O)OC(C)(C)C)C1. The number of hydrogen-bond donors (Lipinski definition) is 1. The zero-order valence-electron chi connectivity index (χ0n) is 15.6. The summed E-state index contributed by atoms with van der Waals surface area (Å²) in [6, 6.07) is 0.390. The van der Waals surface area contributed by atoms with Gasteiger partial charge in [-0.3, -0.25) is 9.69 Å². The molecule has 0 bridgehead atoms. The van der Waals surface area contributed by atoms with Gasteiger partial charge in [0.1, 0.15) is 5.60 Å². The lowest BCUT2D eigenvalue weighted by molar-refractivity contribution is -0.123. The molecular weight excluding hydrogens is 306 g/mol. The minimum atomic E-state index is -0.458. The Morgan fingerprint density at radius 1 is 1.12 bits per heavy atom. The Balaban J connectivity index is 1.98. The van der Waals surface area contributed by atoms with Gasteiger partial charge in [-0.05, 0) is 58.9 Å². The van der Waals surface area contributed by atoms with E-state index in [0.717, 1.165) is 45.3 Å². The molecular formula is C18H33N3O3. The van der Waals surface area contributed by atoms with E-state index in [4.69, 9.17) is 4.74 Å². The second-order valence-electron chi connectivity index (χ2n) is 8.04. The summed E-state index contributed by atoms with van der Waals surface area (Å²) in [5, 5.41) is 2.72. The number of amides is 2. The Labute approximate surface area is 145 Å². The van der Waals surface area contributed by atoms with E-state index in [1.165, 1.54) is 6.42 Å². The minimum Gasteiger partial charge on any atom is -0.444 e. The van der Waals surface area contributed by atoms with Crippen LogP contribution in [0.15, 0.2) is 0 Å². The molecule has 0 aliphatic carbocycles. The van der Waals surface area contributed by atoms with Crippen LogP contribution in [0, 0.1) is 5.92 Å². The van der Waals surface area contributed by atoms with Crippen molar-refractivity contribution in [2.75, 3.05) is 33.2 Å². The third kappa shape index (κ3) is 5.36. The highest BCUT2D eigenvalue weighted by Gasteiger charge is 2.35. The number of rotatable bonds is 3. The molecule has 2 saturated heterocycles. The van der Waals surface area contributed by atoms with Crippen molar-refractivity contribution in [2.45, 2.75) is 64.5 Å². The van der Waals surface area contributed by atoms with Crippen LogP contribution in [0.1, 0.15) is 52.9 Å². The number of nitrogens with one attached hydrogen (secondary N) is 1. The summed E-state index contributed by atoms with van der Waals surface area (Å²) < 4.78 is 5.53. The van der Waals surface area contributed by atoms with E-state index in [-0.39, 0.29) is 12.0 Å². The van der Waals surface area contributed by atoms with Gasteiger partial charge in [0, 0.05) is 26.2 Å². The first kappa shape index (κ1) is 19.0. The Kier molecular flexibility index (Phi) is 6.49. The van der Waals surface area contributed by atoms with Crippen LogP contribution in [0.4, 0.5) is 4.79 Å². The number of hydrogen-bond acceptors (Lipinski definition) is 4. The lowest BCUT2D eigenvalue weighted by Gasteiger charge is -2.44. The summed E-state index contributed by atoms with van der Waals surface area (Å²) in [5.41, 5.74) is -0.458. The highest BCUT2D eigenvalue weighted by molar-refractivity contribution is 5.77. The van der Waals surface area contributed by atoms with Crippen LogP contribution in [0.2, 0.25) is 0 Å². The van der Waals surface area contributed by atoms with Crippen LogP contribution in [0.3, 0.4) is 0 Å². The number of nitrogens with zero attached hydrogens (tertiary/aromatic N) is 2. The molecule has 2 atom stereocenters. The van der Waals surface area contributed by atoms with Crippen LogP contribution >= 0.6 is 0 Å². The molecule has 0 aromatic heterocycles. The largest absolute Gasteiger partial charge is 0.444 e. The summed E-state index contributed by atoms with van der Waals surface area (Å²) in [6.07, 6.45) is 5.39. The van der Waals surface area contributed by atoms with Gasteiger partial charge in [-0.25, -0.2) is 4.79 Å². The van der Waals surface area contributed by atoms with Crippen LogP contribution in [-0.4, -0.2) is 66.7 Å². The average molecular weight is 339 g/mol. The van der Waals surface area contributed by atoms with E-state index in [9.17, 15) is 9.59 Å². The highest BCUT2D eigenvalue weighted by Crippen LogP contribution is 2.30. The molecule has 2 fully saturated rings. The maximum absolute atomic E-state index is 12.4. The van der Waals surface area contributed by atoms with Crippen molar-refractivity contribution in [3.63, 3.8) is 0 Å². The molecule has 0 saturated carbocycles. The molecule has 138 valence electrons. The highest BCUT2D eigenvalue weighted by atomic mass is 16.6. The molecule has 2 amide bonds. The molecule has 1 N–H and O–H groups in total. The van der Waals surface area contributed by atoms with Gasteiger partial charge >= 0.3 is 6.09 Å². The number of ether oxygens (including phenoxy) is 1. The molecule has 24 heavy (non-hydrogen) atoms. The van der Waals surface area contributed by atoms with Crippen molar-refractivity contribution in [3.8, 4) is 0 Å². The van der Waals surface area contributed by atoms with Crippen molar-refractivity contribution < 1.29 is 14.3 Å². The van der Waals surface area contributed by atoms with Gasteiger partial charge < -0.3 is 15.0 Å². The number of piperidine rings is 2. The molecule has 2 rings (SSSR count). The Morgan fingerprint density at radius 3 is 2.54 bits per heavy atom. The lowest BCUT2D eigenvalue weighted by Crippen LogP contribution is -2.53. The molecule has 0 spiro atoms. The number of carbonyl (C=O) groups excluding carboxylic acids is 2. The van der Waals surface area contributed by atoms with Gasteiger partial charge in [0.2, 0.25) is 5.91 Å². The van der Waals surface area contributed by atoms with Crippen LogP contribution in [0.25, 0.3) is 0 Å². The van der Waals surface area contributed by atoms with E-state index in [1.54, 1.807) is 7.05 Å². The van der Waals surface area contributed by atoms with Gasteiger partial charge in [0.15, 0.2) is 0 Å². The van der Waals surface area contributed by atoms with E-state index in [0.29, 0.717) is 18.5 Å².